The van der Waals surface area contributed by atoms with Crippen molar-refractivity contribution in [1.82, 2.24) is 4.98 Å². The fourth-order valence-corrected chi connectivity index (χ4v) is 2.77. The van der Waals surface area contributed by atoms with Gasteiger partial charge in [-0.3, -0.25) is 0 Å². The van der Waals surface area contributed by atoms with Gasteiger partial charge in [0.1, 0.15) is 0 Å². The summed E-state index contributed by atoms with van der Waals surface area (Å²) < 4.78 is 36.9. The van der Waals surface area contributed by atoms with Crippen LogP contribution in [0.3, 0.4) is 0 Å². The lowest BCUT2D eigenvalue weighted by Crippen LogP contribution is -2.08. The molecular formula is C10H12F3NS. The van der Waals surface area contributed by atoms with Crippen LogP contribution in [0.15, 0.2) is 5.38 Å². The summed E-state index contributed by atoms with van der Waals surface area (Å²) in [6.45, 7) is 0. The first-order valence-corrected chi connectivity index (χ1v) is 5.98. The summed E-state index contributed by atoms with van der Waals surface area (Å²) in [5.74, 6) is 0.256. The normalized spacial score (nSPS) is 19.4. The smallest absolute Gasteiger partial charge is 0.237 e. The van der Waals surface area contributed by atoms with E-state index in [-0.39, 0.29) is 5.92 Å². The van der Waals surface area contributed by atoms with Gasteiger partial charge in [0.05, 0.1) is 5.69 Å². The molecule has 0 spiro atoms. The van der Waals surface area contributed by atoms with Crippen molar-refractivity contribution in [2.45, 2.75) is 44.2 Å². The molecule has 1 aliphatic carbocycles. The maximum Gasteiger partial charge on any atom is 0.443 e. The quantitative estimate of drug-likeness (QED) is 0.710. The van der Waals surface area contributed by atoms with Crippen molar-refractivity contribution >= 4 is 11.3 Å². The van der Waals surface area contributed by atoms with Gasteiger partial charge in [0, 0.05) is 11.3 Å². The Kier molecular flexibility index (Phi) is 3.00. The third-order valence-corrected chi connectivity index (χ3v) is 3.69. The molecule has 0 aromatic carbocycles. The van der Waals surface area contributed by atoms with Gasteiger partial charge >= 0.3 is 6.18 Å². The van der Waals surface area contributed by atoms with Crippen molar-refractivity contribution in [1.29, 1.82) is 0 Å². The highest BCUT2D eigenvalue weighted by atomic mass is 32.1. The monoisotopic (exact) mass is 235 g/mol. The molecule has 15 heavy (non-hydrogen) atoms. The SMILES string of the molecule is FC(F)(F)c1nc(C2CCCCC2)cs1. The fraction of sp³-hybridized carbons (Fsp3) is 0.700. The highest BCUT2D eigenvalue weighted by Gasteiger charge is 2.35. The summed E-state index contributed by atoms with van der Waals surface area (Å²) in [5, 5.41) is 0.863. The zero-order valence-electron chi connectivity index (χ0n) is 8.18. The predicted molar refractivity (Wildman–Crippen MR) is 52.9 cm³/mol. The molecule has 1 fully saturated rings. The van der Waals surface area contributed by atoms with E-state index in [2.05, 4.69) is 4.98 Å². The van der Waals surface area contributed by atoms with Gasteiger partial charge in [-0.2, -0.15) is 13.2 Å². The van der Waals surface area contributed by atoms with E-state index in [1.807, 2.05) is 0 Å². The number of rotatable bonds is 1. The standard InChI is InChI=1S/C10H12F3NS/c11-10(12,13)9-14-8(6-15-9)7-4-2-1-3-5-7/h6-7H,1-5H2. The Balaban J connectivity index is 2.12. The van der Waals surface area contributed by atoms with E-state index >= 15 is 0 Å². The molecule has 5 heteroatoms. The van der Waals surface area contributed by atoms with Gasteiger partial charge in [0.15, 0.2) is 5.01 Å². The first-order valence-electron chi connectivity index (χ1n) is 5.10. The number of halogens is 3. The molecule has 1 heterocycles. The van der Waals surface area contributed by atoms with E-state index in [1.165, 1.54) is 6.42 Å². The van der Waals surface area contributed by atoms with Crippen molar-refractivity contribution in [2.24, 2.45) is 0 Å². The molecule has 1 saturated carbocycles. The van der Waals surface area contributed by atoms with Gasteiger partial charge in [0.25, 0.3) is 0 Å². The van der Waals surface area contributed by atoms with Crippen LogP contribution in [0.5, 0.6) is 0 Å². The minimum Gasteiger partial charge on any atom is -0.237 e. The summed E-state index contributed by atoms with van der Waals surface area (Å²) in [5.41, 5.74) is 0.645. The number of thiazole rings is 1. The Morgan fingerprint density at radius 2 is 1.87 bits per heavy atom. The third-order valence-electron chi connectivity index (χ3n) is 2.79. The lowest BCUT2D eigenvalue weighted by Gasteiger charge is -2.19. The predicted octanol–water partition coefficient (Wildman–Crippen LogP) is 4.21. The van der Waals surface area contributed by atoms with Crippen molar-refractivity contribution in [3.05, 3.63) is 16.1 Å². The average molecular weight is 235 g/mol. The summed E-state index contributed by atoms with van der Waals surface area (Å²) in [7, 11) is 0. The molecule has 0 N–H and O–H groups in total. The Morgan fingerprint density at radius 1 is 1.20 bits per heavy atom. The largest absolute Gasteiger partial charge is 0.443 e. The van der Waals surface area contributed by atoms with Gasteiger partial charge in [-0.1, -0.05) is 19.3 Å². The van der Waals surface area contributed by atoms with E-state index in [0.29, 0.717) is 17.0 Å². The molecular weight excluding hydrogens is 223 g/mol. The van der Waals surface area contributed by atoms with E-state index in [4.69, 9.17) is 0 Å². The molecule has 2 rings (SSSR count). The minimum atomic E-state index is -4.28. The van der Waals surface area contributed by atoms with Gasteiger partial charge < -0.3 is 0 Å². The third kappa shape index (κ3) is 2.51. The lowest BCUT2D eigenvalue weighted by molar-refractivity contribution is -0.137. The van der Waals surface area contributed by atoms with Crippen LogP contribution in [-0.2, 0) is 6.18 Å². The number of aromatic nitrogens is 1. The molecule has 84 valence electrons. The van der Waals surface area contributed by atoms with E-state index in [1.54, 1.807) is 5.38 Å². The molecule has 1 aromatic rings. The fourth-order valence-electron chi connectivity index (χ4n) is 2.00. The van der Waals surface area contributed by atoms with E-state index < -0.39 is 11.2 Å². The van der Waals surface area contributed by atoms with Crippen LogP contribution >= 0.6 is 11.3 Å². The minimum absolute atomic E-state index is 0.256. The first-order chi connectivity index (χ1) is 7.07. The van der Waals surface area contributed by atoms with Crippen LogP contribution in [0.4, 0.5) is 13.2 Å². The van der Waals surface area contributed by atoms with E-state index in [0.717, 1.165) is 25.7 Å². The Bertz CT molecular complexity index is 326. The maximum atomic E-state index is 12.3. The number of nitrogens with zero attached hydrogens (tertiary/aromatic N) is 1. The maximum absolute atomic E-state index is 12.3. The van der Waals surface area contributed by atoms with Gasteiger partial charge in [0.2, 0.25) is 0 Å². The summed E-state index contributed by atoms with van der Waals surface area (Å²) >= 11 is 0.714. The molecule has 1 aliphatic rings. The molecule has 0 radical (unpaired) electrons. The van der Waals surface area contributed by atoms with Gasteiger partial charge in [-0.15, -0.1) is 11.3 Å². The molecule has 0 saturated heterocycles. The number of alkyl halides is 3. The first kappa shape index (κ1) is 10.9. The van der Waals surface area contributed by atoms with Gasteiger partial charge in [-0.05, 0) is 12.8 Å². The molecule has 0 unspecified atom stereocenters. The molecule has 0 amide bonds. The summed E-state index contributed by atoms with van der Waals surface area (Å²) in [4.78, 5) is 3.70. The lowest BCUT2D eigenvalue weighted by atomic mass is 9.87. The van der Waals surface area contributed by atoms with Crippen LogP contribution < -0.4 is 0 Å². The Morgan fingerprint density at radius 3 is 2.40 bits per heavy atom. The summed E-state index contributed by atoms with van der Waals surface area (Å²) in [6, 6.07) is 0. The average Bonchev–Trinajstić information content (AvgIpc) is 2.67. The van der Waals surface area contributed by atoms with Crippen molar-refractivity contribution < 1.29 is 13.2 Å². The van der Waals surface area contributed by atoms with Gasteiger partial charge in [-0.25, -0.2) is 4.98 Å². The zero-order chi connectivity index (χ0) is 10.9. The second kappa shape index (κ2) is 4.12. The van der Waals surface area contributed by atoms with E-state index in [9.17, 15) is 13.2 Å². The van der Waals surface area contributed by atoms with Crippen LogP contribution in [-0.4, -0.2) is 4.98 Å². The molecule has 0 atom stereocenters. The van der Waals surface area contributed by atoms with Crippen LogP contribution in [0.2, 0.25) is 0 Å². The van der Waals surface area contributed by atoms with Crippen LogP contribution in [0.1, 0.15) is 48.7 Å². The highest BCUT2D eigenvalue weighted by Crippen LogP contribution is 2.37. The molecule has 0 aliphatic heterocycles. The zero-order valence-corrected chi connectivity index (χ0v) is 9.00. The molecule has 0 bridgehead atoms. The second-order valence-electron chi connectivity index (χ2n) is 3.91. The highest BCUT2D eigenvalue weighted by molar-refractivity contribution is 7.09. The number of hydrogen-bond donors (Lipinski definition) is 0. The van der Waals surface area contributed by atoms with Crippen molar-refractivity contribution in [3.63, 3.8) is 0 Å². The topological polar surface area (TPSA) is 12.9 Å². The second-order valence-corrected chi connectivity index (χ2v) is 4.77. The number of hydrogen-bond acceptors (Lipinski definition) is 2. The Hall–Kier alpha value is -0.580. The van der Waals surface area contributed by atoms with Crippen LogP contribution in [0, 0.1) is 0 Å². The van der Waals surface area contributed by atoms with Crippen molar-refractivity contribution in [3.8, 4) is 0 Å². The molecule has 1 aromatic heterocycles. The summed E-state index contributed by atoms with van der Waals surface area (Å²) in [6.07, 6.45) is 1.12. The van der Waals surface area contributed by atoms with Crippen molar-refractivity contribution in [2.75, 3.05) is 0 Å². The van der Waals surface area contributed by atoms with Crippen LogP contribution in [0.25, 0.3) is 0 Å². The Labute approximate surface area is 90.3 Å². The molecule has 1 nitrogen and oxygen atoms in total.